The smallest absolute Gasteiger partial charge is 0.260 e. The lowest BCUT2D eigenvalue weighted by molar-refractivity contribution is 0.361. The normalized spacial score (nSPS) is 9.67. The summed E-state index contributed by atoms with van der Waals surface area (Å²) >= 11 is 0. The average molecular weight is 201 g/mol. The Hall–Kier alpha value is -2.10. The fraction of sp³-hybridized carbons (Fsp3) is 0.0909. The Kier molecular flexibility index (Phi) is 2.78. The van der Waals surface area contributed by atoms with E-state index in [0.717, 1.165) is 0 Å². The van der Waals surface area contributed by atoms with Crippen LogP contribution in [-0.2, 0) is 0 Å². The third-order valence-electron chi connectivity index (χ3n) is 1.75. The van der Waals surface area contributed by atoms with Gasteiger partial charge in [-0.1, -0.05) is 12.1 Å². The van der Waals surface area contributed by atoms with Crippen molar-refractivity contribution in [1.82, 2.24) is 9.97 Å². The molecule has 15 heavy (non-hydrogen) atoms. The minimum absolute atomic E-state index is 0.415. The van der Waals surface area contributed by atoms with Crippen LogP contribution < -0.4 is 9.47 Å². The van der Waals surface area contributed by atoms with Gasteiger partial charge in [-0.05, 0) is 18.2 Å². The van der Waals surface area contributed by atoms with Crippen LogP contribution >= 0.6 is 0 Å². The molecule has 0 amide bonds. The molecule has 0 saturated carbocycles. The molecule has 0 aliphatic heterocycles. The predicted octanol–water partition coefficient (Wildman–Crippen LogP) is 2.08. The van der Waals surface area contributed by atoms with E-state index in [1.807, 2.05) is 0 Å². The Bertz CT molecular complexity index is 432. The van der Waals surface area contributed by atoms with E-state index in [2.05, 4.69) is 16.0 Å². The highest BCUT2D eigenvalue weighted by Gasteiger charge is 2.05. The number of hydrogen-bond acceptors (Lipinski definition) is 4. The lowest BCUT2D eigenvalue weighted by Gasteiger charge is -2.07. The molecule has 0 saturated heterocycles. The maximum absolute atomic E-state index is 5.53. The second-order valence-electron chi connectivity index (χ2n) is 2.73. The molecule has 4 heteroatoms. The first kappa shape index (κ1) is 9.45. The van der Waals surface area contributed by atoms with E-state index >= 15 is 0 Å². The van der Waals surface area contributed by atoms with Crippen LogP contribution in [0.15, 0.2) is 36.8 Å². The van der Waals surface area contributed by atoms with Gasteiger partial charge in [-0.3, -0.25) is 0 Å². The van der Waals surface area contributed by atoms with E-state index in [1.54, 1.807) is 30.5 Å². The molecule has 1 radical (unpaired) electrons. The van der Waals surface area contributed by atoms with Crippen LogP contribution in [-0.4, -0.2) is 17.1 Å². The minimum Gasteiger partial charge on any atom is -0.478 e. The van der Waals surface area contributed by atoms with Gasteiger partial charge in [0.05, 0.1) is 13.3 Å². The van der Waals surface area contributed by atoms with Gasteiger partial charge in [0.25, 0.3) is 5.88 Å². The van der Waals surface area contributed by atoms with Gasteiger partial charge in [0, 0.05) is 0 Å². The Morgan fingerprint density at radius 1 is 1.27 bits per heavy atom. The zero-order valence-electron chi connectivity index (χ0n) is 8.18. The zero-order chi connectivity index (χ0) is 10.5. The standard InChI is InChI=1S/C11H9N2O2/c1-14-11-10(7-12-8-13-11)15-9-5-3-2-4-6-9/h3-8H,1H3. The van der Waals surface area contributed by atoms with E-state index in [4.69, 9.17) is 9.47 Å². The van der Waals surface area contributed by atoms with E-state index in [9.17, 15) is 0 Å². The van der Waals surface area contributed by atoms with Crippen LogP contribution in [0, 0.1) is 6.07 Å². The van der Waals surface area contributed by atoms with Crippen molar-refractivity contribution in [2.75, 3.05) is 7.11 Å². The molecule has 0 aliphatic carbocycles. The number of hydrogen-bond donors (Lipinski definition) is 0. The maximum atomic E-state index is 5.53. The van der Waals surface area contributed by atoms with Crippen molar-refractivity contribution >= 4 is 0 Å². The van der Waals surface area contributed by atoms with Gasteiger partial charge >= 0.3 is 0 Å². The van der Waals surface area contributed by atoms with E-state index < -0.39 is 0 Å². The van der Waals surface area contributed by atoms with E-state index in [-0.39, 0.29) is 0 Å². The number of ether oxygens (including phenoxy) is 2. The Balaban J connectivity index is 2.24. The molecule has 0 aliphatic rings. The fourth-order valence-corrected chi connectivity index (χ4v) is 1.10. The molecule has 0 atom stereocenters. The summed E-state index contributed by atoms with van der Waals surface area (Å²) in [5.74, 6) is 1.60. The largest absolute Gasteiger partial charge is 0.478 e. The molecular weight excluding hydrogens is 192 g/mol. The molecule has 0 spiro atoms. The summed E-state index contributed by atoms with van der Waals surface area (Å²) in [6.45, 7) is 0. The summed E-state index contributed by atoms with van der Waals surface area (Å²) in [7, 11) is 1.54. The molecule has 1 aromatic carbocycles. The molecule has 2 aromatic rings. The van der Waals surface area contributed by atoms with Crippen molar-refractivity contribution in [1.29, 1.82) is 0 Å². The highest BCUT2D eigenvalue weighted by atomic mass is 16.5. The first-order chi connectivity index (χ1) is 7.40. The van der Waals surface area contributed by atoms with E-state index in [1.165, 1.54) is 13.4 Å². The SMILES string of the molecule is COc1ncncc1Oc1cc[c]cc1. The van der Waals surface area contributed by atoms with Gasteiger partial charge in [0.2, 0.25) is 5.75 Å². The molecule has 4 nitrogen and oxygen atoms in total. The summed E-state index contributed by atoms with van der Waals surface area (Å²) in [5.41, 5.74) is 0. The number of aromatic nitrogens is 2. The molecule has 0 unspecified atom stereocenters. The first-order valence-corrected chi connectivity index (χ1v) is 4.38. The van der Waals surface area contributed by atoms with Gasteiger partial charge in [0.1, 0.15) is 12.1 Å². The van der Waals surface area contributed by atoms with Gasteiger partial charge in [-0.2, -0.15) is 4.98 Å². The quantitative estimate of drug-likeness (QED) is 0.762. The third kappa shape index (κ3) is 2.22. The molecule has 1 heterocycles. The van der Waals surface area contributed by atoms with Crippen molar-refractivity contribution in [3.05, 3.63) is 42.9 Å². The van der Waals surface area contributed by atoms with Crippen molar-refractivity contribution in [3.63, 3.8) is 0 Å². The molecule has 0 bridgehead atoms. The third-order valence-corrected chi connectivity index (χ3v) is 1.75. The molecule has 75 valence electrons. The van der Waals surface area contributed by atoms with Gasteiger partial charge in [-0.15, -0.1) is 0 Å². The maximum Gasteiger partial charge on any atom is 0.260 e. The van der Waals surface area contributed by atoms with Crippen LogP contribution in [0.25, 0.3) is 0 Å². The van der Waals surface area contributed by atoms with Gasteiger partial charge < -0.3 is 9.47 Å². The van der Waals surface area contributed by atoms with Crippen LogP contribution in [0.4, 0.5) is 0 Å². The van der Waals surface area contributed by atoms with Crippen LogP contribution in [0.1, 0.15) is 0 Å². The molecule has 1 aromatic heterocycles. The fourth-order valence-electron chi connectivity index (χ4n) is 1.10. The van der Waals surface area contributed by atoms with E-state index in [0.29, 0.717) is 17.4 Å². The second kappa shape index (κ2) is 4.41. The number of methoxy groups -OCH3 is 1. The van der Waals surface area contributed by atoms with Crippen molar-refractivity contribution in [2.45, 2.75) is 0 Å². The summed E-state index contributed by atoms with van der Waals surface area (Å²) in [6, 6.07) is 10.0. The molecule has 0 N–H and O–H groups in total. The Morgan fingerprint density at radius 2 is 2.07 bits per heavy atom. The highest BCUT2D eigenvalue weighted by Crippen LogP contribution is 2.27. The summed E-state index contributed by atoms with van der Waals surface area (Å²) in [6.07, 6.45) is 2.97. The molecular formula is C11H9N2O2. The van der Waals surface area contributed by atoms with Crippen LogP contribution in [0.3, 0.4) is 0 Å². The van der Waals surface area contributed by atoms with Gasteiger partial charge in [0.15, 0.2) is 0 Å². The van der Waals surface area contributed by atoms with Crippen molar-refractivity contribution < 1.29 is 9.47 Å². The first-order valence-electron chi connectivity index (χ1n) is 4.38. The Morgan fingerprint density at radius 3 is 2.80 bits per heavy atom. The topological polar surface area (TPSA) is 44.2 Å². The zero-order valence-corrected chi connectivity index (χ0v) is 8.18. The van der Waals surface area contributed by atoms with Crippen LogP contribution in [0.5, 0.6) is 17.4 Å². The summed E-state index contributed by atoms with van der Waals surface area (Å²) < 4.78 is 10.6. The van der Waals surface area contributed by atoms with Crippen LogP contribution in [0.2, 0.25) is 0 Å². The second-order valence-corrected chi connectivity index (χ2v) is 2.73. The minimum atomic E-state index is 0.415. The number of benzene rings is 1. The highest BCUT2D eigenvalue weighted by molar-refractivity contribution is 5.35. The monoisotopic (exact) mass is 201 g/mol. The lowest BCUT2D eigenvalue weighted by atomic mass is 10.3. The van der Waals surface area contributed by atoms with Crippen molar-refractivity contribution in [3.8, 4) is 17.4 Å². The Labute approximate surface area is 87.5 Å². The van der Waals surface area contributed by atoms with Crippen molar-refractivity contribution in [2.24, 2.45) is 0 Å². The predicted molar refractivity (Wildman–Crippen MR) is 53.9 cm³/mol. The number of rotatable bonds is 3. The summed E-state index contributed by atoms with van der Waals surface area (Å²) in [4.78, 5) is 7.79. The van der Waals surface area contributed by atoms with Gasteiger partial charge in [-0.25, -0.2) is 4.98 Å². The molecule has 2 rings (SSSR count). The molecule has 0 fully saturated rings. The lowest BCUT2D eigenvalue weighted by Crippen LogP contribution is -1.93. The number of nitrogens with zero attached hydrogens (tertiary/aromatic N) is 2. The summed E-state index contributed by atoms with van der Waals surface area (Å²) in [5, 5.41) is 0. The average Bonchev–Trinajstić information content (AvgIpc) is 2.31.